The van der Waals surface area contributed by atoms with Crippen LogP contribution in [-0.4, -0.2) is 69.1 Å². The lowest BCUT2D eigenvalue weighted by Crippen LogP contribution is -2.56. The van der Waals surface area contributed by atoms with Crippen LogP contribution in [0.4, 0.5) is 0 Å². The second-order valence-corrected chi connectivity index (χ2v) is 5.95. The predicted octanol–water partition coefficient (Wildman–Crippen LogP) is 0.483. The Morgan fingerprint density at radius 1 is 1.33 bits per heavy atom. The second kappa shape index (κ2) is 8.01. The Kier molecular flexibility index (Phi) is 6.03. The first kappa shape index (κ1) is 18.1. The summed E-state index contributed by atoms with van der Waals surface area (Å²) in [5, 5.41) is 2.84. The molecule has 2 amide bonds. The fraction of sp³-hybridized carbons (Fsp3) is 0.529. The molecule has 1 fully saturated rings. The van der Waals surface area contributed by atoms with Gasteiger partial charge in [-0.05, 0) is 6.07 Å². The number of hydrogen-bond acceptors (Lipinski definition) is 5. The molecule has 7 nitrogen and oxygen atoms in total. The molecule has 0 aliphatic carbocycles. The van der Waals surface area contributed by atoms with Gasteiger partial charge in [0.15, 0.2) is 0 Å². The highest BCUT2D eigenvalue weighted by atomic mass is 16.5. The molecule has 1 aromatic carbocycles. The van der Waals surface area contributed by atoms with Crippen LogP contribution in [0.5, 0.6) is 11.5 Å². The molecule has 1 N–H and O–H groups in total. The summed E-state index contributed by atoms with van der Waals surface area (Å²) in [7, 11) is 6.60. The normalized spacial score (nSPS) is 18.0. The number of benzene rings is 1. The van der Waals surface area contributed by atoms with Gasteiger partial charge in [0.2, 0.25) is 11.8 Å². The van der Waals surface area contributed by atoms with Gasteiger partial charge in [-0.15, -0.1) is 0 Å². The van der Waals surface area contributed by atoms with Gasteiger partial charge in [0.05, 0.1) is 26.7 Å². The van der Waals surface area contributed by atoms with Gasteiger partial charge in [-0.2, -0.15) is 0 Å². The zero-order valence-corrected chi connectivity index (χ0v) is 14.7. The molecule has 0 saturated carbocycles. The van der Waals surface area contributed by atoms with Crippen molar-refractivity contribution in [1.82, 2.24) is 15.1 Å². The first-order chi connectivity index (χ1) is 11.5. The van der Waals surface area contributed by atoms with Gasteiger partial charge in [-0.25, -0.2) is 0 Å². The third-order valence-electron chi connectivity index (χ3n) is 4.18. The minimum absolute atomic E-state index is 0.0660. The molecular formula is C17H25N3O4. The van der Waals surface area contributed by atoms with E-state index in [0.717, 1.165) is 5.56 Å². The van der Waals surface area contributed by atoms with Crippen molar-refractivity contribution in [3.05, 3.63) is 23.8 Å². The number of nitrogens with one attached hydrogen (secondary N) is 1. The monoisotopic (exact) mass is 335 g/mol. The molecule has 2 rings (SSSR count). The summed E-state index contributed by atoms with van der Waals surface area (Å²) in [5.41, 5.74) is 0.954. The molecule has 1 heterocycles. The molecule has 1 aliphatic heterocycles. The van der Waals surface area contributed by atoms with Crippen molar-refractivity contribution in [1.29, 1.82) is 0 Å². The maximum absolute atomic E-state index is 12.2. The van der Waals surface area contributed by atoms with Gasteiger partial charge >= 0.3 is 0 Å². The summed E-state index contributed by atoms with van der Waals surface area (Å²) < 4.78 is 10.6. The minimum atomic E-state index is -0.472. The quantitative estimate of drug-likeness (QED) is 0.819. The molecule has 1 aromatic rings. The molecule has 7 heteroatoms. The standard InChI is InChI=1S/C17H25N3O4/c1-19(2)16(21)10-14-17(22)18-7-8-20(14)11-12-5-6-13(23-3)9-15(12)24-4/h5-6,9,14H,7-8,10-11H2,1-4H3,(H,18,22)/t14-/m1/s1. The lowest BCUT2D eigenvalue weighted by Gasteiger charge is -2.35. The number of carbonyl (C=O) groups is 2. The van der Waals surface area contributed by atoms with Crippen LogP contribution in [0, 0.1) is 0 Å². The average Bonchev–Trinajstić information content (AvgIpc) is 2.57. The van der Waals surface area contributed by atoms with Crippen molar-refractivity contribution in [3.63, 3.8) is 0 Å². The van der Waals surface area contributed by atoms with Crippen molar-refractivity contribution in [3.8, 4) is 11.5 Å². The van der Waals surface area contributed by atoms with E-state index in [4.69, 9.17) is 9.47 Å². The highest BCUT2D eigenvalue weighted by molar-refractivity contribution is 5.88. The van der Waals surface area contributed by atoms with Crippen LogP contribution in [0.15, 0.2) is 18.2 Å². The molecule has 1 aliphatic rings. The van der Waals surface area contributed by atoms with Crippen LogP contribution < -0.4 is 14.8 Å². The highest BCUT2D eigenvalue weighted by Gasteiger charge is 2.32. The third kappa shape index (κ3) is 4.17. The lowest BCUT2D eigenvalue weighted by molar-refractivity contribution is -0.137. The molecule has 0 spiro atoms. The van der Waals surface area contributed by atoms with Crippen LogP contribution in [0.25, 0.3) is 0 Å². The summed E-state index contributed by atoms with van der Waals surface area (Å²) in [6.07, 6.45) is 0.164. The molecule has 0 radical (unpaired) electrons. The topological polar surface area (TPSA) is 71.1 Å². The smallest absolute Gasteiger partial charge is 0.237 e. The van der Waals surface area contributed by atoms with E-state index in [2.05, 4.69) is 5.32 Å². The van der Waals surface area contributed by atoms with Gasteiger partial charge in [0.1, 0.15) is 11.5 Å². The van der Waals surface area contributed by atoms with E-state index in [0.29, 0.717) is 31.1 Å². The zero-order chi connectivity index (χ0) is 17.7. The maximum Gasteiger partial charge on any atom is 0.237 e. The first-order valence-corrected chi connectivity index (χ1v) is 7.89. The first-order valence-electron chi connectivity index (χ1n) is 7.89. The summed E-state index contributed by atoms with van der Waals surface area (Å²) >= 11 is 0. The Morgan fingerprint density at radius 2 is 2.08 bits per heavy atom. The van der Waals surface area contributed by atoms with Gasteiger partial charge in [-0.1, -0.05) is 6.07 Å². The van der Waals surface area contributed by atoms with Gasteiger partial charge in [0.25, 0.3) is 0 Å². The number of ether oxygens (including phenoxy) is 2. The molecular weight excluding hydrogens is 310 g/mol. The lowest BCUT2D eigenvalue weighted by atomic mass is 10.1. The number of nitrogens with zero attached hydrogens (tertiary/aromatic N) is 2. The SMILES string of the molecule is COc1ccc(CN2CCNC(=O)[C@H]2CC(=O)N(C)C)c(OC)c1. The number of piperazine rings is 1. The number of methoxy groups -OCH3 is 2. The van der Waals surface area contributed by atoms with E-state index in [1.807, 2.05) is 23.1 Å². The number of carbonyl (C=O) groups excluding carboxylic acids is 2. The molecule has 1 saturated heterocycles. The third-order valence-corrected chi connectivity index (χ3v) is 4.18. The van der Waals surface area contributed by atoms with Crippen molar-refractivity contribution < 1.29 is 19.1 Å². The summed E-state index contributed by atoms with van der Waals surface area (Å²) in [6, 6.07) is 5.14. The second-order valence-electron chi connectivity index (χ2n) is 5.95. The van der Waals surface area contributed by atoms with Crippen LogP contribution in [0.2, 0.25) is 0 Å². The van der Waals surface area contributed by atoms with Crippen molar-refractivity contribution in [2.24, 2.45) is 0 Å². The molecule has 0 bridgehead atoms. The van der Waals surface area contributed by atoms with Gasteiger partial charge < -0.3 is 19.7 Å². The predicted molar refractivity (Wildman–Crippen MR) is 90.1 cm³/mol. The Balaban J connectivity index is 2.19. The van der Waals surface area contributed by atoms with Crippen LogP contribution >= 0.6 is 0 Å². The van der Waals surface area contributed by atoms with Crippen LogP contribution in [0.3, 0.4) is 0 Å². The Bertz CT molecular complexity index is 603. The van der Waals surface area contributed by atoms with Crippen LogP contribution in [0.1, 0.15) is 12.0 Å². The summed E-state index contributed by atoms with van der Waals surface area (Å²) in [5.74, 6) is 1.25. The van der Waals surface area contributed by atoms with E-state index in [9.17, 15) is 9.59 Å². The zero-order valence-electron chi connectivity index (χ0n) is 14.7. The maximum atomic E-state index is 12.2. The Labute approximate surface area is 142 Å². The van der Waals surface area contributed by atoms with E-state index in [1.54, 1.807) is 28.3 Å². The largest absolute Gasteiger partial charge is 0.497 e. The molecule has 1 atom stereocenters. The molecule has 0 unspecified atom stereocenters. The van der Waals surface area contributed by atoms with Gasteiger partial charge in [-0.3, -0.25) is 14.5 Å². The molecule has 24 heavy (non-hydrogen) atoms. The molecule has 0 aromatic heterocycles. The van der Waals surface area contributed by atoms with Crippen LogP contribution in [-0.2, 0) is 16.1 Å². The summed E-state index contributed by atoms with van der Waals surface area (Å²) in [6.45, 7) is 1.79. The van der Waals surface area contributed by atoms with E-state index < -0.39 is 6.04 Å². The van der Waals surface area contributed by atoms with E-state index in [-0.39, 0.29) is 18.2 Å². The van der Waals surface area contributed by atoms with E-state index >= 15 is 0 Å². The average molecular weight is 335 g/mol. The molecule has 132 valence electrons. The minimum Gasteiger partial charge on any atom is -0.497 e. The fourth-order valence-corrected chi connectivity index (χ4v) is 2.72. The number of rotatable bonds is 6. The van der Waals surface area contributed by atoms with Gasteiger partial charge in [0, 0.05) is 45.4 Å². The van der Waals surface area contributed by atoms with Crippen molar-refractivity contribution in [2.45, 2.75) is 19.0 Å². The Hall–Kier alpha value is -2.28. The Morgan fingerprint density at radius 3 is 2.71 bits per heavy atom. The highest BCUT2D eigenvalue weighted by Crippen LogP contribution is 2.27. The summed E-state index contributed by atoms with van der Waals surface area (Å²) in [4.78, 5) is 27.8. The number of hydrogen-bond donors (Lipinski definition) is 1. The number of amides is 2. The van der Waals surface area contributed by atoms with Crippen molar-refractivity contribution in [2.75, 3.05) is 41.4 Å². The van der Waals surface area contributed by atoms with Crippen molar-refractivity contribution >= 4 is 11.8 Å². The fourth-order valence-electron chi connectivity index (χ4n) is 2.72. The van der Waals surface area contributed by atoms with E-state index in [1.165, 1.54) is 4.90 Å².